The number of esters is 1. The van der Waals surface area contributed by atoms with Crippen LogP contribution in [0.4, 0.5) is 0 Å². The number of ether oxygens (including phenoxy) is 3. The number of fused-ring (bicyclic) bond motifs is 2. The number of carbonyl (C=O) groups excluding carboxylic acids is 2. The second kappa shape index (κ2) is 6.61. The third kappa shape index (κ3) is 3.01. The van der Waals surface area contributed by atoms with E-state index < -0.39 is 0 Å². The van der Waals surface area contributed by atoms with Crippen LogP contribution in [0.5, 0.6) is 5.75 Å². The Morgan fingerprint density at radius 1 is 1.19 bits per heavy atom. The van der Waals surface area contributed by atoms with Gasteiger partial charge < -0.3 is 14.2 Å². The fourth-order valence-electron chi connectivity index (χ4n) is 3.00. The molecule has 0 bridgehead atoms. The quantitative estimate of drug-likeness (QED) is 0.619. The van der Waals surface area contributed by atoms with Gasteiger partial charge in [-0.3, -0.25) is 4.79 Å². The third-order valence-corrected chi connectivity index (χ3v) is 3.98. The highest BCUT2D eigenvalue weighted by Gasteiger charge is 2.45. The Balaban J connectivity index is 0.000000361. The number of hydrogen-bond acceptors (Lipinski definition) is 5. The highest BCUT2D eigenvalue weighted by molar-refractivity contribution is 5.95. The van der Waals surface area contributed by atoms with Gasteiger partial charge in [-0.05, 0) is 37.8 Å². The summed E-state index contributed by atoms with van der Waals surface area (Å²) in [5, 5.41) is 0. The smallest absolute Gasteiger partial charge is 0.339 e. The number of rotatable bonds is 2. The van der Waals surface area contributed by atoms with Crippen molar-refractivity contribution in [1.82, 2.24) is 0 Å². The maximum absolute atomic E-state index is 11.9. The number of benzene rings is 1. The van der Waals surface area contributed by atoms with Crippen LogP contribution in [-0.4, -0.2) is 26.7 Å². The summed E-state index contributed by atoms with van der Waals surface area (Å²) in [5.74, 6) is 0.523. The minimum atomic E-state index is -0.336. The highest BCUT2D eigenvalue weighted by atomic mass is 16.6. The van der Waals surface area contributed by atoms with Crippen LogP contribution in [0.15, 0.2) is 18.2 Å². The highest BCUT2D eigenvalue weighted by Crippen LogP contribution is 2.47. The van der Waals surface area contributed by atoms with Gasteiger partial charge >= 0.3 is 5.97 Å². The molecule has 0 saturated heterocycles. The number of hydrogen-bond donors (Lipinski definition) is 0. The van der Waals surface area contributed by atoms with Gasteiger partial charge in [-0.1, -0.05) is 12.5 Å². The molecule has 0 radical (unpaired) electrons. The molecule has 0 N–H and O–H groups in total. The first kappa shape index (κ1) is 15.4. The van der Waals surface area contributed by atoms with Gasteiger partial charge in [-0.2, -0.15) is 0 Å². The fourth-order valence-corrected chi connectivity index (χ4v) is 3.00. The van der Waals surface area contributed by atoms with Crippen molar-refractivity contribution in [2.24, 2.45) is 0 Å². The molecule has 1 aromatic carbocycles. The van der Waals surface area contributed by atoms with Gasteiger partial charge in [0.05, 0.1) is 19.8 Å². The number of methoxy groups -OCH3 is 2. The third-order valence-electron chi connectivity index (χ3n) is 3.98. The van der Waals surface area contributed by atoms with Crippen molar-refractivity contribution in [3.63, 3.8) is 0 Å². The Morgan fingerprint density at radius 2 is 1.86 bits per heavy atom. The predicted octanol–water partition coefficient (Wildman–Crippen LogP) is 2.81. The fraction of sp³-hybridized carbons (Fsp3) is 0.500. The van der Waals surface area contributed by atoms with E-state index in [1.165, 1.54) is 13.5 Å². The van der Waals surface area contributed by atoms with E-state index >= 15 is 0 Å². The van der Waals surface area contributed by atoms with Gasteiger partial charge in [-0.15, -0.1) is 0 Å². The summed E-state index contributed by atoms with van der Waals surface area (Å²) < 4.78 is 14.7. The molecular formula is C16H20O5. The average Bonchev–Trinajstić information content (AvgIpc) is 2.80. The van der Waals surface area contributed by atoms with E-state index in [9.17, 15) is 4.79 Å². The summed E-state index contributed by atoms with van der Waals surface area (Å²) in [6, 6.07) is 5.70. The van der Waals surface area contributed by atoms with E-state index in [0.717, 1.165) is 31.2 Å². The first-order valence-electron chi connectivity index (χ1n) is 7.05. The van der Waals surface area contributed by atoms with Gasteiger partial charge in [0.1, 0.15) is 11.4 Å². The van der Waals surface area contributed by atoms with Crippen LogP contribution >= 0.6 is 0 Å². The van der Waals surface area contributed by atoms with Crippen molar-refractivity contribution < 1.29 is 23.8 Å². The van der Waals surface area contributed by atoms with E-state index in [0.29, 0.717) is 17.8 Å². The van der Waals surface area contributed by atoms with Crippen molar-refractivity contribution in [2.45, 2.75) is 37.7 Å². The van der Waals surface area contributed by atoms with Crippen LogP contribution in [0, 0.1) is 0 Å². The van der Waals surface area contributed by atoms with Crippen molar-refractivity contribution in [1.29, 1.82) is 0 Å². The largest absolute Gasteiger partial charge is 0.497 e. The molecule has 3 rings (SSSR count). The molecule has 1 aliphatic heterocycles. The molecule has 1 aliphatic carbocycles. The lowest BCUT2D eigenvalue weighted by Gasteiger charge is -2.32. The Bertz CT molecular complexity index is 517. The Hall–Kier alpha value is -2.04. The molecule has 1 saturated carbocycles. The van der Waals surface area contributed by atoms with Crippen LogP contribution in [0.1, 0.15) is 48.0 Å². The zero-order valence-corrected chi connectivity index (χ0v) is 12.4. The number of carbonyl (C=O) groups is 2. The molecule has 0 atom stereocenters. The zero-order valence-electron chi connectivity index (χ0n) is 12.4. The Morgan fingerprint density at radius 3 is 2.43 bits per heavy atom. The first-order valence-corrected chi connectivity index (χ1v) is 7.05. The molecule has 0 aromatic heterocycles. The lowest BCUT2D eigenvalue weighted by molar-refractivity contribution is -0.126. The monoisotopic (exact) mass is 292 g/mol. The summed E-state index contributed by atoms with van der Waals surface area (Å²) in [5.41, 5.74) is 1.41. The van der Waals surface area contributed by atoms with E-state index in [1.807, 2.05) is 12.1 Å². The van der Waals surface area contributed by atoms with Gasteiger partial charge in [0.25, 0.3) is 6.47 Å². The lowest BCUT2D eigenvalue weighted by Crippen LogP contribution is -2.28. The normalized spacial score (nSPS) is 18.1. The molecule has 1 fully saturated rings. The molecule has 5 nitrogen and oxygen atoms in total. The summed E-state index contributed by atoms with van der Waals surface area (Å²) in [6.45, 7) is 0.375. The van der Waals surface area contributed by atoms with Gasteiger partial charge in [0, 0.05) is 5.56 Å². The summed E-state index contributed by atoms with van der Waals surface area (Å²) in [6.07, 6.45) is 5.43. The second-order valence-corrected chi connectivity index (χ2v) is 5.19. The van der Waals surface area contributed by atoms with Gasteiger partial charge in [0.2, 0.25) is 0 Å². The van der Waals surface area contributed by atoms with Crippen LogP contribution in [0.3, 0.4) is 0 Å². The Kier molecular flexibility index (Phi) is 4.83. The molecule has 2 aliphatic rings. The summed E-state index contributed by atoms with van der Waals surface area (Å²) in [4.78, 5) is 20.9. The minimum absolute atomic E-state index is 0.194. The average molecular weight is 292 g/mol. The van der Waals surface area contributed by atoms with Crippen LogP contribution < -0.4 is 4.74 Å². The molecule has 1 spiro atoms. The molecule has 1 heterocycles. The standard InChI is InChI=1S/C14H16O3.C2H4O2/c1-16-10-5-6-12-11(9-10)13(15)17-14(12)7-3-2-4-8-14;1-4-2-3/h5-6,9H,2-4,7-8H2,1H3;2H,1H3. The summed E-state index contributed by atoms with van der Waals surface area (Å²) in [7, 11) is 2.92. The van der Waals surface area contributed by atoms with Crippen molar-refractivity contribution in [2.75, 3.05) is 14.2 Å². The molecule has 1 aromatic rings. The maximum atomic E-state index is 11.9. The predicted molar refractivity (Wildman–Crippen MR) is 76.2 cm³/mol. The molecule has 5 heteroatoms. The van der Waals surface area contributed by atoms with Crippen LogP contribution in [-0.2, 0) is 19.9 Å². The lowest BCUT2D eigenvalue weighted by atomic mass is 9.79. The van der Waals surface area contributed by atoms with E-state index in [1.54, 1.807) is 13.2 Å². The minimum Gasteiger partial charge on any atom is -0.497 e. The zero-order chi connectivity index (χ0) is 15.3. The van der Waals surface area contributed by atoms with E-state index in [2.05, 4.69) is 4.74 Å². The van der Waals surface area contributed by atoms with Crippen molar-refractivity contribution in [3.05, 3.63) is 29.3 Å². The summed E-state index contributed by atoms with van der Waals surface area (Å²) >= 11 is 0. The molecule has 114 valence electrons. The van der Waals surface area contributed by atoms with Crippen LogP contribution in [0.2, 0.25) is 0 Å². The van der Waals surface area contributed by atoms with Gasteiger partial charge in [-0.25, -0.2) is 4.79 Å². The second-order valence-electron chi connectivity index (χ2n) is 5.19. The molecule has 0 unspecified atom stereocenters. The Labute approximate surface area is 124 Å². The maximum Gasteiger partial charge on any atom is 0.339 e. The van der Waals surface area contributed by atoms with E-state index in [-0.39, 0.29) is 11.6 Å². The SMILES string of the molecule is COC=O.COc1ccc2c(c1)C(=O)OC21CCCCC1. The molecular weight excluding hydrogens is 272 g/mol. The van der Waals surface area contributed by atoms with Crippen molar-refractivity contribution >= 4 is 12.4 Å². The van der Waals surface area contributed by atoms with Crippen molar-refractivity contribution in [3.8, 4) is 5.75 Å². The topological polar surface area (TPSA) is 61.8 Å². The van der Waals surface area contributed by atoms with E-state index in [4.69, 9.17) is 14.3 Å². The first-order chi connectivity index (χ1) is 10.2. The van der Waals surface area contributed by atoms with Crippen LogP contribution in [0.25, 0.3) is 0 Å². The molecule has 0 amide bonds. The molecule has 21 heavy (non-hydrogen) atoms. The van der Waals surface area contributed by atoms with Gasteiger partial charge in [0.15, 0.2) is 0 Å².